The predicted octanol–water partition coefficient (Wildman–Crippen LogP) is 2.67. The van der Waals surface area contributed by atoms with Gasteiger partial charge in [-0.15, -0.1) is 0 Å². The van der Waals surface area contributed by atoms with E-state index in [1.54, 1.807) is 38.4 Å². The maximum absolute atomic E-state index is 12.8. The Bertz CT molecular complexity index is 892. The summed E-state index contributed by atoms with van der Waals surface area (Å²) in [7, 11) is 3.28. The van der Waals surface area contributed by atoms with Crippen LogP contribution in [0.1, 0.15) is 33.6 Å². The fraction of sp³-hybridized carbons (Fsp3) is 0.238. The molecule has 2 aromatic carbocycles. The SMILES string of the molecule is CN(C)C(=O)c1ccc(NC(=O)COC(=O)CCC(=O)c2ccc(F)cc2)cc1. The Hall–Kier alpha value is -3.55. The minimum absolute atomic E-state index is 0.104. The van der Waals surface area contributed by atoms with Gasteiger partial charge >= 0.3 is 5.97 Å². The molecule has 0 fully saturated rings. The van der Waals surface area contributed by atoms with Crippen LogP contribution in [0.5, 0.6) is 0 Å². The summed E-state index contributed by atoms with van der Waals surface area (Å²) in [6, 6.07) is 11.3. The minimum atomic E-state index is -0.692. The first-order valence-electron chi connectivity index (χ1n) is 8.82. The average molecular weight is 400 g/mol. The van der Waals surface area contributed by atoms with Gasteiger partial charge in [-0.2, -0.15) is 0 Å². The zero-order valence-electron chi connectivity index (χ0n) is 16.1. The molecule has 1 N–H and O–H groups in total. The molecule has 2 amide bonds. The van der Waals surface area contributed by atoms with Gasteiger partial charge in [0.05, 0.1) is 6.42 Å². The topological polar surface area (TPSA) is 92.8 Å². The van der Waals surface area contributed by atoms with Crippen LogP contribution in [-0.4, -0.2) is 49.2 Å². The Kier molecular flexibility index (Phi) is 7.59. The van der Waals surface area contributed by atoms with Gasteiger partial charge in [0, 0.05) is 37.3 Å². The highest BCUT2D eigenvalue weighted by Gasteiger charge is 2.13. The molecule has 0 aliphatic carbocycles. The van der Waals surface area contributed by atoms with Gasteiger partial charge in [0.15, 0.2) is 12.4 Å². The number of anilines is 1. The average Bonchev–Trinajstić information content (AvgIpc) is 2.71. The molecule has 0 heterocycles. The van der Waals surface area contributed by atoms with Crippen LogP contribution in [0.2, 0.25) is 0 Å². The van der Waals surface area contributed by atoms with E-state index < -0.39 is 24.3 Å². The fourth-order valence-electron chi connectivity index (χ4n) is 2.37. The predicted molar refractivity (Wildman–Crippen MR) is 104 cm³/mol. The van der Waals surface area contributed by atoms with Gasteiger partial charge in [-0.3, -0.25) is 19.2 Å². The number of carbonyl (C=O) groups is 4. The van der Waals surface area contributed by atoms with E-state index in [0.29, 0.717) is 16.8 Å². The van der Waals surface area contributed by atoms with Crippen molar-refractivity contribution in [1.82, 2.24) is 4.90 Å². The van der Waals surface area contributed by atoms with E-state index in [4.69, 9.17) is 4.74 Å². The molecule has 0 radical (unpaired) electrons. The number of Topliss-reactive ketones (excluding diaryl/α,β-unsaturated/α-hetero) is 1. The van der Waals surface area contributed by atoms with Gasteiger partial charge in [0.25, 0.3) is 11.8 Å². The van der Waals surface area contributed by atoms with E-state index in [-0.39, 0.29) is 24.5 Å². The maximum atomic E-state index is 12.8. The van der Waals surface area contributed by atoms with Crippen molar-refractivity contribution in [2.24, 2.45) is 0 Å². The molecule has 0 atom stereocenters. The molecule has 0 bridgehead atoms. The second kappa shape index (κ2) is 10.1. The van der Waals surface area contributed by atoms with Crippen LogP contribution in [0.25, 0.3) is 0 Å². The number of ketones is 1. The summed E-state index contributed by atoms with van der Waals surface area (Å²) >= 11 is 0. The minimum Gasteiger partial charge on any atom is -0.456 e. The third-order valence-corrected chi connectivity index (χ3v) is 3.91. The Morgan fingerprint density at radius 2 is 1.48 bits per heavy atom. The van der Waals surface area contributed by atoms with Gasteiger partial charge in [-0.1, -0.05) is 0 Å². The number of nitrogens with zero attached hydrogens (tertiary/aromatic N) is 1. The molecule has 7 nitrogen and oxygen atoms in total. The molecule has 0 aliphatic heterocycles. The van der Waals surface area contributed by atoms with Crippen molar-refractivity contribution in [1.29, 1.82) is 0 Å². The summed E-state index contributed by atoms with van der Waals surface area (Å²) in [4.78, 5) is 48.8. The zero-order chi connectivity index (χ0) is 21.4. The van der Waals surface area contributed by atoms with E-state index in [2.05, 4.69) is 5.32 Å². The van der Waals surface area contributed by atoms with Crippen molar-refractivity contribution >= 4 is 29.3 Å². The molecular weight excluding hydrogens is 379 g/mol. The van der Waals surface area contributed by atoms with Crippen molar-refractivity contribution in [3.05, 3.63) is 65.5 Å². The third-order valence-electron chi connectivity index (χ3n) is 3.91. The van der Waals surface area contributed by atoms with Crippen LogP contribution in [-0.2, 0) is 14.3 Å². The number of esters is 1. The van der Waals surface area contributed by atoms with Crippen LogP contribution in [0, 0.1) is 5.82 Å². The lowest BCUT2D eigenvalue weighted by Gasteiger charge is -2.11. The van der Waals surface area contributed by atoms with Gasteiger partial charge in [-0.05, 0) is 48.5 Å². The van der Waals surface area contributed by atoms with E-state index in [1.165, 1.54) is 29.2 Å². The highest BCUT2D eigenvalue weighted by atomic mass is 19.1. The molecule has 0 saturated heterocycles. The Morgan fingerprint density at radius 1 is 0.897 bits per heavy atom. The lowest BCUT2D eigenvalue weighted by Crippen LogP contribution is -2.22. The monoisotopic (exact) mass is 400 g/mol. The number of halogens is 1. The van der Waals surface area contributed by atoms with E-state index in [9.17, 15) is 23.6 Å². The number of ether oxygens (including phenoxy) is 1. The van der Waals surface area contributed by atoms with Gasteiger partial charge in [-0.25, -0.2) is 4.39 Å². The number of rotatable bonds is 8. The highest BCUT2D eigenvalue weighted by Crippen LogP contribution is 2.11. The standard InChI is InChI=1S/C21H21FN2O5/c1-24(2)21(28)15-5-9-17(10-6-15)23-19(26)13-29-20(27)12-11-18(25)14-3-7-16(22)8-4-14/h3-10H,11-13H2,1-2H3,(H,23,26). The summed E-state index contributed by atoms with van der Waals surface area (Å²) in [6.07, 6.45) is -0.293. The quantitative estimate of drug-likeness (QED) is 0.543. The number of amides is 2. The fourth-order valence-corrected chi connectivity index (χ4v) is 2.37. The molecule has 0 unspecified atom stereocenters. The second-order valence-corrected chi connectivity index (χ2v) is 6.42. The zero-order valence-corrected chi connectivity index (χ0v) is 16.1. The van der Waals surface area contributed by atoms with Crippen LogP contribution < -0.4 is 5.32 Å². The van der Waals surface area contributed by atoms with Crippen molar-refractivity contribution in [3.63, 3.8) is 0 Å². The molecule has 29 heavy (non-hydrogen) atoms. The van der Waals surface area contributed by atoms with Gasteiger partial charge in [0.2, 0.25) is 0 Å². The number of carbonyl (C=O) groups excluding carboxylic acids is 4. The van der Waals surface area contributed by atoms with Crippen molar-refractivity contribution in [2.45, 2.75) is 12.8 Å². The molecule has 0 saturated carbocycles. The van der Waals surface area contributed by atoms with Crippen molar-refractivity contribution in [2.75, 3.05) is 26.0 Å². The van der Waals surface area contributed by atoms with Crippen molar-refractivity contribution < 1.29 is 28.3 Å². The van der Waals surface area contributed by atoms with E-state index in [0.717, 1.165) is 0 Å². The van der Waals surface area contributed by atoms with Crippen LogP contribution in [0.4, 0.5) is 10.1 Å². The summed E-state index contributed by atoms with van der Waals surface area (Å²) in [5.74, 6) is -2.17. The van der Waals surface area contributed by atoms with E-state index >= 15 is 0 Å². The Morgan fingerprint density at radius 3 is 2.07 bits per heavy atom. The second-order valence-electron chi connectivity index (χ2n) is 6.42. The third kappa shape index (κ3) is 6.84. The molecule has 0 aromatic heterocycles. The summed E-state index contributed by atoms with van der Waals surface area (Å²) in [5, 5.41) is 2.55. The number of hydrogen-bond donors (Lipinski definition) is 1. The Balaban J connectivity index is 1.74. The molecule has 0 aliphatic rings. The first-order valence-corrected chi connectivity index (χ1v) is 8.82. The molecule has 152 valence electrons. The number of nitrogens with one attached hydrogen (secondary N) is 1. The smallest absolute Gasteiger partial charge is 0.306 e. The largest absolute Gasteiger partial charge is 0.456 e. The molecule has 8 heteroatoms. The molecular formula is C21H21FN2O5. The summed E-state index contributed by atoms with van der Waals surface area (Å²) in [5.41, 5.74) is 1.23. The van der Waals surface area contributed by atoms with Crippen LogP contribution >= 0.6 is 0 Å². The van der Waals surface area contributed by atoms with E-state index in [1.807, 2.05) is 0 Å². The lowest BCUT2D eigenvalue weighted by molar-refractivity contribution is -0.147. The molecule has 2 rings (SSSR count). The Labute approximate surface area is 167 Å². The summed E-state index contributed by atoms with van der Waals surface area (Å²) in [6.45, 7) is -0.498. The maximum Gasteiger partial charge on any atom is 0.306 e. The first-order chi connectivity index (χ1) is 13.8. The van der Waals surface area contributed by atoms with Crippen LogP contribution in [0.3, 0.4) is 0 Å². The normalized spacial score (nSPS) is 10.2. The number of benzene rings is 2. The van der Waals surface area contributed by atoms with Gasteiger partial charge < -0.3 is 15.0 Å². The van der Waals surface area contributed by atoms with Crippen LogP contribution in [0.15, 0.2) is 48.5 Å². The van der Waals surface area contributed by atoms with Gasteiger partial charge in [0.1, 0.15) is 5.82 Å². The molecule has 0 spiro atoms. The first kappa shape index (κ1) is 21.7. The molecule has 2 aromatic rings. The lowest BCUT2D eigenvalue weighted by atomic mass is 10.1. The van der Waals surface area contributed by atoms with Crippen molar-refractivity contribution in [3.8, 4) is 0 Å². The summed E-state index contributed by atoms with van der Waals surface area (Å²) < 4.78 is 17.7. The number of hydrogen-bond acceptors (Lipinski definition) is 5. The highest BCUT2D eigenvalue weighted by molar-refractivity contribution is 5.98.